The van der Waals surface area contributed by atoms with Crippen molar-refractivity contribution in [2.45, 2.75) is 44.8 Å². The second-order valence-electron chi connectivity index (χ2n) is 6.64. The predicted molar refractivity (Wildman–Crippen MR) is 78.4 cm³/mol. The van der Waals surface area contributed by atoms with E-state index in [4.69, 9.17) is 4.74 Å². The molecule has 0 aromatic heterocycles. The maximum Gasteiger partial charge on any atom is 0.254 e. The summed E-state index contributed by atoms with van der Waals surface area (Å²) in [5.74, 6) is 1.32. The number of hydrogen-bond donors (Lipinski definition) is 0. The zero-order valence-corrected chi connectivity index (χ0v) is 12.6. The summed E-state index contributed by atoms with van der Waals surface area (Å²) in [6.45, 7) is 5.80. The molecule has 1 amide bonds. The van der Waals surface area contributed by atoms with Crippen LogP contribution in [-0.4, -0.2) is 30.1 Å². The van der Waals surface area contributed by atoms with Gasteiger partial charge in [0.25, 0.3) is 5.91 Å². The van der Waals surface area contributed by atoms with E-state index < -0.39 is 5.60 Å². The lowest BCUT2D eigenvalue weighted by molar-refractivity contribution is -0.154. The molecule has 108 valence electrons. The summed E-state index contributed by atoms with van der Waals surface area (Å²) in [5, 5.41) is 0. The van der Waals surface area contributed by atoms with E-state index in [0.717, 1.165) is 19.4 Å². The summed E-state index contributed by atoms with van der Waals surface area (Å²) < 4.78 is 5.69. The molecule has 20 heavy (non-hydrogen) atoms. The van der Waals surface area contributed by atoms with E-state index in [2.05, 4.69) is 38.1 Å². The summed E-state index contributed by atoms with van der Waals surface area (Å²) in [6.07, 6.45) is 1.84. The molecule has 1 saturated carbocycles. The summed E-state index contributed by atoms with van der Waals surface area (Å²) in [7, 11) is 1.88. The molecule has 3 fully saturated rings. The maximum absolute atomic E-state index is 12.5. The summed E-state index contributed by atoms with van der Waals surface area (Å²) >= 11 is 0. The molecular weight excluding hydrogens is 250 g/mol. The Labute approximate surface area is 120 Å². The monoisotopic (exact) mass is 273 g/mol. The van der Waals surface area contributed by atoms with E-state index in [1.54, 1.807) is 0 Å². The first-order valence-electron chi connectivity index (χ1n) is 7.48. The fourth-order valence-corrected chi connectivity index (χ4v) is 3.32. The van der Waals surface area contributed by atoms with Gasteiger partial charge in [0, 0.05) is 13.6 Å². The zero-order chi connectivity index (χ0) is 14.3. The van der Waals surface area contributed by atoms with Crippen molar-refractivity contribution in [3.8, 4) is 0 Å². The lowest BCUT2D eigenvalue weighted by Crippen LogP contribution is -2.51. The molecule has 2 aliphatic heterocycles. The number of ether oxygens (including phenoxy) is 1. The van der Waals surface area contributed by atoms with Crippen LogP contribution >= 0.6 is 0 Å². The molecule has 3 nitrogen and oxygen atoms in total. The highest BCUT2D eigenvalue weighted by atomic mass is 16.5. The highest BCUT2D eigenvalue weighted by Crippen LogP contribution is 2.49. The first-order chi connectivity index (χ1) is 9.50. The van der Waals surface area contributed by atoms with Gasteiger partial charge in [-0.3, -0.25) is 4.79 Å². The highest BCUT2D eigenvalue weighted by Gasteiger charge is 2.58. The lowest BCUT2D eigenvalue weighted by atomic mass is 9.74. The fourth-order valence-electron chi connectivity index (χ4n) is 3.32. The molecule has 2 saturated heterocycles. The number of hydrogen-bond acceptors (Lipinski definition) is 2. The van der Waals surface area contributed by atoms with Gasteiger partial charge in [0.15, 0.2) is 0 Å². The van der Waals surface area contributed by atoms with E-state index >= 15 is 0 Å². The number of fused-ring (bicyclic) bond motifs is 1. The third-order valence-electron chi connectivity index (χ3n) is 4.63. The van der Waals surface area contributed by atoms with Crippen LogP contribution in [0.1, 0.15) is 43.7 Å². The molecular formula is C17H23NO2. The van der Waals surface area contributed by atoms with E-state index in [1.807, 2.05) is 11.9 Å². The minimum atomic E-state index is -0.475. The van der Waals surface area contributed by atoms with Crippen molar-refractivity contribution in [2.75, 3.05) is 13.7 Å². The molecule has 0 spiro atoms. The van der Waals surface area contributed by atoms with E-state index in [0.29, 0.717) is 18.4 Å². The molecule has 0 radical (unpaired) electrons. The Morgan fingerprint density at radius 3 is 2.50 bits per heavy atom. The van der Waals surface area contributed by atoms with Crippen LogP contribution in [0.3, 0.4) is 0 Å². The molecule has 1 aromatic rings. The SMILES string of the molecule is CC(C)c1ccc(CN(C)C(=O)C23CC(CO2)C3)cc1. The Bertz CT molecular complexity index is 495. The molecule has 1 aromatic carbocycles. The second kappa shape index (κ2) is 4.88. The molecule has 4 rings (SSSR count). The van der Waals surface area contributed by atoms with Crippen molar-refractivity contribution in [3.05, 3.63) is 35.4 Å². The standard InChI is InChI=1S/C17H23NO2/c1-12(2)15-6-4-13(5-7-15)10-18(3)16(19)17-8-14(9-17)11-20-17/h4-7,12,14H,8-11H2,1-3H3. The number of benzene rings is 1. The summed E-state index contributed by atoms with van der Waals surface area (Å²) in [5.41, 5.74) is 2.04. The summed E-state index contributed by atoms with van der Waals surface area (Å²) in [6, 6.07) is 8.55. The van der Waals surface area contributed by atoms with Gasteiger partial charge in [0.05, 0.1) is 6.61 Å². The first kappa shape index (κ1) is 13.6. The average molecular weight is 273 g/mol. The van der Waals surface area contributed by atoms with E-state index in [9.17, 15) is 4.79 Å². The Morgan fingerprint density at radius 1 is 1.35 bits per heavy atom. The van der Waals surface area contributed by atoms with Gasteiger partial charge in [0.1, 0.15) is 5.60 Å². The molecule has 0 atom stereocenters. The number of carbonyl (C=O) groups is 1. The number of amides is 1. The van der Waals surface area contributed by atoms with Gasteiger partial charge in [-0.15, -0.1) is 0 Å². The minimum absolute atomic E-state index is 0.152. The summed E-state index contributed by atoms with van der Waals surface area (Å²) in [4.78, 5) is 14.3. The van der Waals surface area contributed by atoms with E-state index in [1.165, 1.54) is 11.1 Å². The third kappa shape index (κ3) is 2.24. The zero-order valence-electron chi connectivity index (χ0n) is 12.6. The molecule has 2 heterocycles. The van der Waals surface area contributed by atoms with Crippen LogP contribution in [0.2, 0.25) is 0 Å². The largest absolute Gasteiger partial charge is 0.365 e. The molecule has 0 unspecified atom stereocenters. The van der Waals surface area contributed by atoms with E-state index in [-0.39, 0.29) is 5.91 Å². The van der Waals surface area contributed by atoms with Crippen LogP contribution in [0.4, 0.5) is 0 Å². The van der Waals surface area contributed by atoms with Crippen LogP contribution in [0.5, 0.6) is 0 Å². The number of likely N-dealkylation sites (N-methyl/N-ethyl adjacent to an activating group) is 1. The normalized spacial score (nSPS) is 27.5. The number of rotatable bonds is 4. The lowest BCUT2D eigenvalue weighted by Gasteiger charge is -2.37. The number of carbonyl (C=O) groups excluding carboxylic acids is 1. The average Bonchev–Trinajstić information content (AvgIpc) is 2.98. The van der Waals surface area contributed by atoms with Crippen LogP contribution in [0.15, 0.2) is 24.3 Å². The van der Waals surface area contributed by atoms with Crippen molar-refractivity contribution >= 4 is 5.91 Å². The van der Waals surface area contributed by atoms with Gasteiger partial charge >= 0.3 is 0 Å². The quantitative estimate of drug-likeness (QED) is 0.844. The van der Waals surface area contributed by atoms with Gasteiger partial charge < -0.3 is 9.64 Å². The van der Waals surface area contributed by atoms with Crippen molar-refractivity contribution in [3.63, 3.8) is 0 Å². The Balaban J connectivity index is 1.63. The van der Waals surface area contributed by atoms with Gasteiger partial charge in [-0.25, -0.2) is 0 Å². The van der Waals surface area contributed by atoms with Crippen LogP contribution in [0.25, 0.3) is 0 Å². The highest BCUT2D eigenvalue weighted by molar-refractivity contribution is 5.86. The van der Waals surface area contributed by atoms with Gasteiger partial charge in [-0.1, -0.05) is 38.1 Å². The smallest absolute Gasteiger partial charge is 0.254 e. The Morgan fingerprint density at radius 2 is 2.00 bits per heavy atom. The third-order valence-corrected chi connectivity index (χ3v) is 4.63. The molecule has 3 aliphatic rings. The molecule has 3 heteroatoms. The Hall–Kier alpha value is -1.35. The van der Waals surface area contributed by atoms with Crippen molar-refractivity contribution in [1.29, 1.82) is 0 Å². The number of nitrogens with zero attached hydrogens (tertiary/aromatic N) is 1. The first-order valence-corrected chi connectivity index (χ1v) is 7.48. The molecule has 2 bridgehead atoms. The molecule has 1 aliphatic carbocycles. The van der Waals surface area contributed by atoms with Crippen LogP contribution < -0.4 is 0 Å². The van der Waals surface area contributed by atoms with Crippen molar-refractivity contribution in [2.24, 2.45) is 5.92 Å². The predicted octanol–water partition coefficient (Wildman–Crippen LogP) is 2.95. The Kier molecular flexibility index (Phi) is 3.33. The topological polar surface area (TPSA) is 29.5 Å². The minimum Gasteiger partial charge on any atom is -0.365 e. The van der Waals surface area contributed by atoms with Crippen molar-refractivity contribution in [1.82, 2.24) is 4.90 Å². The maximum atomic E-state index is 12.5. The van der Waals surface area contributed by atoms with Gasteiger partial charge in [-0.05, 0) is 35.8 Å². The van der Waals surface area contributed by atoms with Gasteiger partial charge in [0.2, 0.25) is 0 Å². The molecule has 0 N–H and O–H groups in total. The second-order valence-corrected chi connectivity index (χ2v) is 6.64. The fraction of sp³-hybridized carbons (Fsp3) is 0.588. The van der Waals surface area contributed by atoms with Gasteiger partial charge in [-0.2, -0.15) is 0 Å². The van der Waals surface area contributed by atoms with Crippen molar-refractivity contribution < 1.29 is 9.53 Å². The van der Waals surface area contributed by atoms with Crippen LogP contribution in [0, 0.1) is 5.92 Å². The van der Waals surface area contributed by atoms with Crippen LogP contribution in [-0.2, 0) is 16.1 Å².